The fourth-order valence-corrected chi connectivity index (χ4v) is 3.26. The van der Waals surface area contributed by atoms with Crippen LogP contribution >= 0.6 is 11.8 Å². The third kappa shape index (κ3) is 5.81. The third-order valence-corrected chi connectivity index (χ3v) is 4.74. The summed E-state index contributed by atoms with van der Waals surface area (Å²) in [6.45, 7) is 3.81. The van der Waals surface area contributed by atoms with Gasteiger partial charge in [0.15, 0.2) is 0 Å². The van der Waals surface area contributed by atoms with Crippen LogP contribution in [-0.4, -0.2) is 24.2 Å². The van der Waals surface area contributed by atoms with Crippen LogP contribution in [0.15, 0.2) is 53.4 Å². The van der Waals surface area contributed by atoms with Gasteiger partial charge in [0.05, 0.1) is 18.0 Å². The second-order valence-corrected chi connectivity index (χ2v) is 7.19. The highest BCUT2D eigenvalue weighted by molar-refractivity contribution is 8.00. The van der Waals surface area contributed by atoms with Gasteiger partial charge in [0, 0.05) is 17.0 Å². The monoisotopic (exact) mass is 372 g/mol. The molecule has 2 amide bonds. The van der Waals surface area contributed by atoms with E-state index in [4.69, 9.17) is 4.74 Å². The van der Waals surface area contributed by atoms with E-state index in [0.29, 0.717) is 17.9 Å². The molecule has 2 aromatic rings. The van der Waals surface area contributed by atoms with E-state index in [1.165, 1.54) is 11.8 Å². The largest absolute Gasteiger partial charge is 0.495 e. The van der Waals surface area contributed by atoms with E-state index in [1.807, 2.05) is 50.2 Å². The molecule has 5 nitrogen and oxygen atoms in total. The minimum absolute atomic E-state index is 0.00314. The Hall–Kier alpha value is -2.47. The third-order valence-electron chi connectivity index (χ3n) is 3.64. The Labute approximate surface area is 158 Å². The number of rotatable bonds is 8. The van der Waals surface area contributed by atoms with Gasteiger partial charge in [-0.3, -0.25) is 9.59 Å². The fourth-order valence-electron chi connectivity index (χ4n) is 2.34. The number of hydrogen-bond acceptors (Lipinski definition) is 4. The molecule has 138 valence electrons. The van der Waals surface area contributed by atoms with Gasteiger partial charge in [-0.25, -0.2) is 0 Å². The minimum Gasteiger partial charge on any atom is -0.495 e. The predicted molar refractivity (Wildman–Crippen MR) is 107 cm³/mol. The molecule has 2 rings (SSSR count). The smallest absolute Gasteiger partial charge is 0.237 e. The molecule has 2 N–H and O–H groups in total. The zero-order chi connectivity index (χ0) is 18.9. The van der Waals surface area contributed by atoms with Crippen molar-refractivity contribution in [2.75, 3.05) is 17.7 Å². The highest BCUT2D eigenvalue weighted by atomic mass is 32.2. The van der Waals surface area contributed by atoms with Crippen molar-refractivity contribution in [1.82, 2.24) is 0 Å². The van der Waals surface area contributed by atoms with Crippen molar-refractivity contribution >= 4 is 35.0 Å². The second kappa shape index (κ2) is 9.87. The van der Waals surface area contributed by atoms with Gasteiger partial charge < -0.3 is 15.4 Å². The van der Waals surface area contributed by atoms with Gasteiger partial charge in [-0.2, -0.15) is 0 Å². The van der Waals surface area contributed by atoms with Crippen molar-refractivity contribution in [3.8, 4) is 5.75 Å². The first kappa shape index (κ1) is 19.8. The van der Waals surface area contributed by atoms with Gasteiger partial charge in [-0.1, -0.05) is 25.1 Å². The first-order valence-electron chi connectivity index (χ1n) is 8.54. The molecule has 2 aromatic carbocycles. The number of ether oxygens (including phenoxy) is 1. The summed E-state index contributed by atoms with van der Waals surface area (Å²) in [7, 11) is 1.57. The Bertz CT molecular complexity index is 764. The quantitative estimate of drug-likeness (QED) is 0.667. The van der Waals surface area contributed by atoms with Crippen molar-refractivity contribution < 1.29 is 14.3 Å². The SMILES string of the molecule is CCCC(=O)Nc1cccc(SC(C)C(=O)Nc2ccccc2OC)c1. The Kier molecular flexibility index (Phi) is 7.53. The van der Waals surface area contributed by atoms with Crippen LogP contribution in [0.4, 0.5) is 11.4 Å². The number of carbonyl (C=O) groups excluding carboxylic acids is 2. The van der Waals surface area contributed by atoms with Crippen LogP contribution in [0.3, 0.4) is 0 Å². The molecular weight excluding hydrogens is 348 g/mol. The van der Waals surface area contributed by atoms with Crippen molar-refractivity contribution in [2.24, 2.45) is 0 Å². The number of hydrogen-bond donors (Lipinski definition) is 2. The molecule has 0 aliphatic carbocycles. The predicted octanol–water partition coefficient (Wildman–Crippen LogP) is 4.55. The average molecular weight is 372 g/mol. The molecule has 0 heterocycles. The van der Waals surface area contributed by atoms with Crippen LogP contribution in [0, 0.1) is 0 Å². The van der Waals surface area contributed by atoms with Gasteiger partial charge in [0.1, 0.15) is 5.75 Å². The number of carbonyl (C=O) groups is 2. The maximum Gasteiger partial charge on any atom is 0.237 e. The highest BCUT2D eigenvalue weighted by Gasteiger charge is 2.16. The van der Waals surface area contributed by atoms with Gasteiger partial charge in [0.25, 0.3) is 0 Å². The Morgan fingerprint density at radius 1 is 1.12 bits per heavy atom. The first-order valence-corrected chi connectivity index (χ1v) is 9.42. The summed E-state index contributed by atoms with van der Waals surface area (Å²) in [5.41, 5.74) is 1.39. The normalized spacial score (nSPS) is 11.5. The van der Waals surface area contributed by atoms with E-state index in [2.05, 4.69) is 10.6 Å². The summed E-state index contributed by atoms with van der Waals surface area (Å²) in [5.74, 6) is 0.509. The fraction of sp³-hybridized carbons (Fsp3) is 0.300. The summed E-state index contributed by atoms with van der Waals surface area (Å²) >= 11 is 1.43. The number of thioether (sulfide) groups is 1. The second-order valence-electron chi connectivity index (χ2n) is 5.78. The van der Waals surface area contributed by atoms with E-state index in [-0.39, 0.29) is 17.1 Å². The lowest BCUT2D eigenvalue weighted by Gasteiger charge is -2.14. The van der Waals surface area contributed by atoms with E-state index in [1.54, 1.807) is 19.2 Å². The molecule has 0 aliphatic rings. The molecule has 0 aliphatic heterocycles. The van der Waals surface area contributed by atoms with Crippen LogP contribution in [0.5, 0.6) is 5.75 Å². The van der Waals surface area contributed by atoms with E-state index >= 15 is 0 Å². The van der Waals surface area contributed by atoms with Crippen LogP contribution < -0.4 is 15.4 Å². The Balaban J connectivity index is 1.99. The molecule has 0 radical (unpaired) electrons. The van der Waals surface area contributed by atoms with Crippen LogP contribution in [-0.2, 0) is 9.59 Å². The summed E-state index contributed by atoms with van der Waals surface area (Å²) in [4.78, 5) is 25.1. The molecule has 0 saturated carbocycles. The number of benzene rings is 2. The molecule has 1 unspecified atom stereocenters. The Morgan fingerprint density at radius 2 is 1.88 bits per heavy atom. The van der Waals surface area contributed by atoms with Gasteiger partial charge in [-0.05, 0) is 43.7 Å². The lowest BCUT2D eigenvalue weighted by Crippen LogP contribution is -2.22. The number of methoxy groups -OCH3 is 1. The van der Waals surface area contributed by atoms with E-state index in [9.17, 15) is 9.59 Å². The van der Waals surface area contributed by atoms with E-state index in [0.717, 1.165) is 17.0 Å². The van der Waals surface area contributed by atoms with Gasteiger partial charge in [0.2, 0.25) is 11.8 Å². The highest BCUT2D eigenvalue weighted by Crippen LogP contribution is 2.28. The maximum absolute atomic E-state index is 12.5. The minimum atomic E-state index is -0.304. The molecule has 26 heavy (non-hydrogen) atoms. The summed E-state index contributed by atoms with van der Waals surface area (Å²) in [5, 5.41) is 5.46. The first-order chi connectivity index (χ1) is 12.5. The topological polar surface area (TPSA) is 67.4 Å². The maximum atomic E-state index is 12.5. The van der Waals surface area contributed by atoms with Crippen molar-refractivity contribution in [3.05, 3.63) is 48.5 Å². The lowest BCUT2D eigenvalue weighted by atomic mass is 10.3. The average Bonchev–Trinajstić information content (AvgIpc) is 2.62. The van der Waals surface area contributed by atoms with Crippen LogP contribution in [0.1, 0.15) is 26.7 Å². The number of amides is 2. The molecule has 0 aromatic heterocycles. The summed E-state index contributed by atoms with van der Waals surface area (Å²) in [6, 6.07) is 14.8. The summed E-state index contributed by atoms with van der Waals surface area (Å²) in [6.07, 6.45) is 1.30. The van der Waals surface area contributed by atoms with Crippen LogP contribution in [0.25, 0.3) is 0 Å². The van der Waals surface area contributed by atoms with Gasteiger partial charge in [-0.15, -0.1) is 11.8 Å². The number of anilines is 2. The molecular formula is C20H24N2O3S. The molecule has 1 atom stereocenters. The lowest BCUT2D eigenvalue weighted by molar-refractivity contribution is -0.116. The van der Waals surface area contributed by atoms with Crippen molar-refractivity contribution in [3.63, 3.8) is 0 Å². The molecule has 0 fully saturated rings. The van der Waals surface area contributed by atoms with E-state index < -0.39 is 0 Å². The zero-order valence-corrected chi connectivity index (χ0v) is 16.1. The number of para-hydroxylation sites is 2. The molecule has 0 saturated heterocycles. The standard InChI is InChI=1S/C20H24N2O3S/c1-4-8-19(23)21-15-9-7-10-16(13-15)26-14(2)20(24)22-17-11-5-6-12-18(17)25-3/h5-7,9-14H,4,8H2,1-3H3,(H,21,23)(H,22,24). The zero-order valence-electron chi connectivity index (χ0n) is 15.2. The van der Waals surface area contributed by atoms with Crippen molar-refractivity contribution in [2.45, 2.75) is 36.8 Å². The molecule has 6 heteroatoms. The molecule has 0 bridgehead atoms. The number of nitrogens with one attached hydrogen (secondary N) is 2. The van der Waals surface area contributed by atoms with Crippen molar-refractivity contribution in [1.29, 1.82) is 0 Å². The molecule has 0 spiro atoms. The Morgan fingerprint density at radius 3 is 2.62 bits per heavy atom. The van der Waals surface area contributed by atoms with Gasteiger partial charge >= 0.3 is 0 Å². The van der Waals surface area contributed by atoms with Crippen LogP contribution in [0.2, 0.25) is 0 Å². The summed E-state index contributed by atoms with van der Waals surface area (Å²) < 4.78 is 5.26.